The summed E-state index contributed by atoms with van der Waals surface area (Å²) in [5, 5.41) is 12.8. The van der Waals surface area contributed by atoms with Crippen LogP contribution in [0.3, 0.4) is 0 Å². The van der Waals surface area contributed by atoms with Crippen LogP contribution < -0.4 is 5.32 Å². The summed E-state index contributed by atoms with van der Waals surface area (Å²) in [6.07, 6.45) is 1.03. The molecule has 0 aliphatic carbocycles. The zero-order valence-corrected chi connectivity index (χ0v) is 10.4. The summed E-state index contributed by atoms with van der Waals surface area (Å²) in [6, 6.07) is 7.39. The number of anilines is 1. The van der Waals surface area contributed by atoms with Crippen LogP contribution in [-0.2, 0) is 0 Å². The Morgan fingerprint density at radius 3 is 2.81 bits per heavy atom. The summed E-state index contributed by atoms with van der Waals surface area (Å²) < 4.78 is 0. The first-order valence-corrected chi connectivity index (χ1v) is 5.59. The van der Waals surface area contributed by atoms with Crippen LogP contribution in [0.25, 0.3) is 0 Å². The average molecular weight is 238 g/mol. The minimum absolute atomic E-state index is 0.634. The Kier molecular flexibility index (Phi) is 5.10. The van der Waals surface area contributed by atoms with E-state index in [0.717, 1.165) is 25.2 Å². The molecule has 0 amide bonds. The largest absolute Gasteiger partial charge is 0.384 e. The van der Waals surface area contributed by atoms with E-state index >= 15 is 0 Å². The zero-order chi connectivity index (χ0) is 12.0. The Balaban J connectivity index is 2.53. The van der Waals surface area contributed by atoms with Crippen molar-refractivity contribution in [2.45, 2.75) is 6.42 Å². The highest BCUT2D eigenvalue weighted by atomic mass is 35.5. The number of benzene rings is 1. The van der Waals surface area contributed by atoms with Gasteiger partial charge in [0, 0.05) is 11.6 Å². The van der Waals surface area contributed by atoms with Gasteiger partial charge in [0.2, 0.25) is 0 Å². The molecule has 1 aromatic carbocycles. The van der Waals surface area contributed by atoms with Crippen molar-refractivity contribution in [1.82, 2.24) is 4.90 Å². The number of nitrogens with zero attached hydrogens (tertiary/aromatic N) is 2. The highest BCUT2D eigenvalue weighted by molar-refractivity contribution is 6.30. The molecule has 1 N–H and O–H groups in total. The standard InChI is InChI=1S/C12H16ClN3/c1-16(2)7-3-6-15-12-8-11(13)5-4-10(12)9-14/h4-5,8,15H,3,6-7H2,1-2H3. The normalized spacial score (nSPS) is 10.2. The van der Waals surface area contributed by atoms with Crippen molar-refractivity contribution in [2.75, 3.05) is 32.5 Å². The van der Waals surface area contributed by atoms with Crippen LogP contribution >= 0.6 is 11.6 Å². The third-order valence-corrected chi connectivity index (χ3v) is 2.43. The summed E-state index contributed by atoms with van der Waals surface area (Å²) >= 11 is 5.88. The minimum Gasteiger partial charge on any atom is -0.384 e. The van der Waals surface area contributed by atoms with E-state index in [9.17, 15) is 0 Å². The quantitative estimate of drug-likeness (QED) is 0.801. The summed E-state index contributed by atoms with van der Waals surface area (Å²) in [5.74, 6) is 0. The fraction of sp³-hybridized carbons (Fsp3) is 0.417. The fourth-order valence-electron chi connectivity index (χ4n) is 1.38. The van der Waals surface area contributed by atoms with Gasteiger partial charge in [-0.1, -0.05) is 11.6 Å². The van der Waals surface area contributed by atoms with Gasteiger partial charge in [-0.15, -0.1) is 0 Å². The number of hydrogen-bond acceptors (Lipinski definition) is 3. The van der Waals surface area contributed by atoms with Gasteiger partial charge in [0.15, 0.2) is 0 Å². The maximum atomic E-state index is 8.91. The Morgan fingerprint density at radius 2 is 2.19 bits per heavy atom. The average Bonchev–Trinajstić information content (AvgIpc) is 2.24. The van der Waals surface area contributed by atoms with Gasteiger partial charge in [-0.25, -0.2) is 0 Å². The first kappa shape index (κ1) is 12.8. The van der Waals surface area contributed by atoms with Gasteiger partial charge in [-0.3, -0.25) is 0 Å². The van der Waals surface area contributed by atoms with Crippen LogP contribution in [0.4, 0.5) is 5.69 Å². The number of rotatable bonds is 5. The van der Waals surface area contributed by atoms with Crippen LogP contribution in [0.5, 0.6) is 0 Å². The Hall–Kier alpha value is -1.24. The summed E-state index contributed by atoms with van der Waals surface area (Å²) in [5.41, 5.74) is 1.45. The third kappa shape index (κ3) is 4.09. The number of nitrogens with one attached hydrogen (secondary N) is 1. The van der Waals surface area contributed by atoms with Gasteiger partial charge in [-0.2, -0.15) is 5.26 Å². The monoisotopic (exact) mass is 237 g/mol. The Morgan fingerprint density at radius 1 is 1.44 bits per heavy atom. The van der Waals surface area contributed by atoms with E-state index in [1.807, 2.05) is 14.1 Å². The molecule has 0 spiro atoms. The summed E-state index contributed by atoms with van der Waals surface area (Å²) in [7, 11) is 4.08. The first-order valence-electron chi connectivity index (χ1n) is 5.21. The summed E-state index contributed by atoms with van der Waals surface area (Å²) in [6.45, 7) is 1.86. The predicted octanol–water partition coefficient (Wildman–Crippen LogP) is 2.58. The Labute approximate surface area is 102 Å². The van der Waals surface area contributed by atoms with E-state index in [1.165, 1.54) is 0 Å². The van der Waals surface area contributed by atoms with E-state index in [2.05, 4.69) is 16.3 Å². The molecule has 0 atom stereocenters. The van der Waals surface area contributed by atoms with Gasteiger partial charge in [0.1, 0.15) is 6.07 Å². The molecule has 0 unspecified atom stereocenters. The molecule has 1 aromatic rings. The van der Waals surface area contributed by atoms with Crippen molar-refractivity contribution >= 4 is 17.3 Å². The molecular weight excluding hydrogens is 222 g/mol. The molecule has 86 valence electrons. The van der Waals surface area contributed by atoms with Gasteiger partial charge >= 0.3 is 0 Å². The van der Waals surface area contributed by atoms with Gasteiger partial charge in [0.05, 0.1) is 11.3 Å². The molecular formula is C12H16ClN3. The van der Waals surface area contributed by atoms with Crippen LogP contribution in [0.1, 0.15) is 12.0 Å². The van der Waals surface area contributed by atoms with Crippen LogP contribution in [0.15, 0.2) is 18.2 Å². The molecule has 0 heterocycles. The van der Waals surface area contributed by atoms with E-state index < -0.39 is 0 Å². The van der Waals surface area contributed by atoms with E-state index in [1.54, 1.807) is 18.2 Å². The molecule has 3 nitrogen and oxygen atoms in total. The van der Waals surface area contributed by atoms with Crippen LogP contribution in [0, 0.1) is 11.3 Å². The molecule has 0 bridgehead atoms. The van der Waals surface area contributed by atoms with Crippen LogP contribution in [-0.4, -0.2) is 32.1 Å². The number of halogens is 1. The van der Waals surface area contributed by atoms with Gasteiger partial charge in [0.25, 0.3) is 0 Å². The molecule has 0 fully saturated rings. The maximum absolute atomic E-state index is 8.91. The zero-order valence-electron chi connectivity index (χ0n) is 9.63. The SMILES string of the molecule is CN(C)CCCNc1cc(Cl)ccc1C#N. The van der Waals surface area contributed by atoms with Gasteiger partial charge in [-0.05, 0) is 45.3 Å². The molecule has 0 saturated carbocycles. The second kappa shape index (κ2) is 6.37. The lowest BCUT2D eigenvalue weighted by atomic mass is 10.2. The van der Waals surface area contributed by atoms with Crippen molar-refractivity contribution in [3.63, 3.8) is 0 Å². The van der Waals surface area contributed by atoms with Crippen molar-refractivity contribution < 1.29 is 0 Å². The van der Waals surface area contributed by atoms with Crippen molar-refractivity contribution in [3.8, 4) is 6.07 Å². The van der Waals surface area contributed by atoms with E-state index in [0.29, 0.717) is 10.6 Å². The fourth-order valence-corrected chi connectivity index (χ4v) is 1.55. The molecule has 0 aliphatic rings. The molecule has 0 aromatic heterocycles. The van der Waals surface area contributed by atoms with E-state index in [-0.39, 0.29) is 0 Å². The highest BCUT2D eigenvalue weighted by Gasteiger charge is 2.01. The Bertz CT molecular complexity index is 382. The minimum atomic E-state index is 0.634. The topological polar surface area (TPSA) is 39.1 Å². The second-order valence-electron chi connectivity index (χ2n) is 3.89. The number of nitriles is 1. The molecule has 1 rings (SSSR count). The lowest BCUT2D eigenvalue weighted by molar-refractivity contribution is 0.405. The first-order chi connectivity index (χ1) is 7.63. The lowest BCUT2D eigenvalue weighted by Crippen LogP contribution is -2.16. The maximum Gasteiger partial charge on any atom is 0.101 e. The third-order valence-electron chi connectivity index (χ3n) is 2.20. The molecule has 0 radical (unpaired) electrons. The van der Waals surface area contributed by atoms with E-state index in [4.69, 9.17) is 16.9 Å². The van der Waals surface area contributed by atoms with Gasteiger partial charge < -0.3 is 10.2 Å². The predicted molar refractivity (Wildman–Crippen MR) is 67.8 cm³/mol. The van der Waals surface area contributed by atoms with Crippen molar-refractivity contribution in [3.05, 3.63) is 28.8 Å². The lowest BCUT2D eigenvalue weighted by Gasteiger charge is -2.11. The highest BCUT2D eigenvalue weighted by Crippen LogP contribution is 2.20. The van der Waals surface area contributed by atoms with Crippen LogP contribution in [0.2, 0.25) is 5.02 Å². The molecule has 16 heavy (non-hydrogen) atoms. The summed E-state index contributed by atoms with van der Waals surface area (Å²) in [4.78, 5) is 2.13. The van der Waals surface area contributed by atoms with Crippen molar-refractivity contribution in [1.29, 1.82) is 5.26 Å². The molecule has 0 aliphatic heterocycles. The second-order valence-corrected chi connectivity index (χ2v) is 4.32. The van der Waals surface area contributed by atoms with Crippen molar-refractivity contribution in [2.24, 2.45) is 0 Å². The number of hydrogen-bond donors (Lipinski definition) is 1. The molecule has 4 heteroatoms. The molecule has 0 saturated heterocycles. The smallest absolute Gasteiger partial charge is 0.101 e.